The van der Waals surface area contributed by atoms with Gasteiger partial charge in [0.25, 0.3) is 10.9 Å². The third kappa shape index (κ3) is 5.13. The van der Waals surface area contributed by atoms with E-state index in [0.29, 0.717) is 17.9 Å². The monoisotopic (exact) mass is 492 g/mol. The van der Waals surface area contributed by atoms with Gasteiger partial charge in [-0.05, 0) is 53.4 Å². The molecule has 0 aliphatic carbocycles. The van der Waals surface area contributed by atoms with Crippen molar-refractivity contribution in [1.29, 1.82) is 0 Å². The quantitative estimate of drug-likeness (QED) is 0.315. The molecule has 0 heterocycles. The van der Waals surface area contributed by atoms with Crippen LogP contribution in [0.15, 0.2) is 76.3 Å². The summed E-state index contributed by atoms with van der Waals surface area (Å²) in [5, 5.41) is 6.50. The van der Waals surface area contributed by atoms with Gasteiger partial charge in [-0.25, -0.2) is 8.78 Å². The minimum Gasteiger partial charge on any atom is -0.497 e. The molecular formula is C28H26F2N2O4. The molecule has 2 N–H and O–H groups in total. The maximum absolute atomic E-state index is 13.9. The highest BCUT2D eigenvalue weighted by Crippen LogP contribution is 2.29. The lowest BCUT2D eigenvalue weighted by Crippen LogP contribution is -2.35. The van der Waals surface area contributed by atoms with E-state index in [-0.39, 0.29) is 23.5 Å². The summed E-state index contributed by atoms with van der Waals surface area (Å²) in [4.78, 5) is 23.4. The van der Waals surface area contributed by atoms with Gasteiger partial charge in [-0.15, -0.1) is 0 Å². The number of hydrogen-bond acceptors (Lipinski definition) is 6. The van der Waals surface area contributed by atoms with Gasteiger partial charge >= 0.3 is 0 Å². The van der Waals surface area contributed by atoms with E-state index in [9.17, 15) is 18.4 Å². The first-order valence-corrected chi connectivity index (χ1v) is 11.4. The van der Waals surface area contributed by atoms with E-state index >= 15 is 0 Å². The van der Waals surface area contributed by atoms with Crippen LogP contribution in [0.1, 0.15) is 41.3 Å². The Morgan fingerprint density at radius 1 is 0.806 bits per heavy atom. The molecule has 4 aromatic carbocycles. The first kappa shape index (κ1) is 25.1. The maximum Gasteiger partial charge on any atom is 0.271 e. The molecule has 0 saturated heterocycles. The summed E-state index contributed by atoms with van der Waals surface area (Å²) in [5.41, 5.74) is 2.29. The average molecular weight is 493 g/mol. The van der Waals surface area contributed by atoms with Gasteiger partial charge in [0.05, 0.1) is 20.3 Å². The van der Waals surface area contributed by atoms with Crippen molar-refractivity contribution in [3.8, 4) is 11.5 Å². The zero-order valence-electron chi connectivity index (χ0n) is 20.1. The minimum absolute atomic E-state index is 0.0364. The molecule has 0 spiro atoms. The van der Waals surface area contributed by atoms with Crippen molar-refractivity contribution in [1.82, 2.24) is 5.32 Å². The molecule has 4 rings (SSSR count). The van der Waals surface area contributed by atoms with E-state index < -0.39 is 22.5 Å². The predicted molar refractivity (Wildman–Crippen MR) is 134 cm³/mol. The van der Waals surface area contributed by atoms with E-state index in [1.165, 1.54) is 13.2 Å². The van der Waals surface area contributed by atoms with Crippen LogP contribution in [0.4, 0.5) is 14.5 Å². The molecule has 4 aromatic rings. The third-order valence-corrected chi connectivity index (χ3v) is 6.13. The lowest BCUT2D eigenvalue weighted by Gasteiger charge is -2.25. The summed E-state index contributed by atoms with van der Waals surface area (Å²) in [5.74, 6) is -1.04. The van der Waals surface area contributed by atoms with Crippen molar-refractivity contribution in [2.24, 2.45) is 0 Å². The van der Waals surface area contributed by atoms with Gasteiger partial charge in [0, 0.05) is 12.6 Å². The predicted octanol–water partition coefficient (Wildman–Crippen LogP) is 4.63. The van der Waals surface area contributed by atoms with Crippen LogP contribution in [-0.2, 0) is 6.54 Å². The Hall–Kier alpha value is -4.04. The topological polar surface area (TPSA) is 76.7 Å². The molecule has 0 bridgehead atoms. The number of rotatable bonds is 10. The summed E-state index contributed by atoms with van der Waals surface area (Å²) in [6.07, 6.45) is 0. The second kappa shape index (κ2) is 10.7. The molecule has 2 atom stereocenters. The molecule has 0 saturated carbocycles. The molecular weight excluding hydrogens is 466 g/mol. The highest BCUT2D eigenvalue weighted by Gasteiger charge is 2.22. The normalized spacial score (nSPS) is 12.8. The zero-order chi connectivity index (χ0) is 25.8. The van der Waals surface area contributed by atoms with Gasteiger partial charge in [0.2, 0.25) is 0 Å². The Balaban J connectivity index is 1.62. The van der Waals surface area contributed by atoms with Crippen molar-refractivity contribution in [3.63, 3.8) is 0 Å². The number of methoxy groups -OCH3 is 2. The van der Waals surface area contributed by atoms with Crippen molar-refractivity contribution < 1.29 is 18.3 Å². The molecule has 0 amide bonds. The molecule has 186 valence electrons. The fourth-order valence-electron chi connectivity index (χ4n) is 4.11. The Labute approximate surface area is 207 Å². The van der Waals surface area contributed by atoms with E-state index in [1.807, 2.05) is 55.5 Å². The number of ether oxygens (including phenoxy) is 2. The van der Waals surface area contributed by atoms with E-state index in [0.717, 1.165) is 22.8 Å². The summed E-state index contributed by atoms with van der Waals surface area (Å²) >= 11 is 0. The van der Waals surface area contributed by atoms with E-state index in [2.05, 4.69) is 10.6 Å². The molecule has 36 heavy (non-hydrogen) atoms. The molecule has 0 fully saturated rings. The number of halogens is 2. The first-order chi connectivity index (χ1) is 17.3. The molecule has 8 heteroatoms. The van der Waals surface area contributed by atoms with E-state index in [4.69, 9.17) is 9.47 Å². The lowest BCUT2D eigenvalue weighted by atomic mass is 9.95. The fraction of sp³-hybridized carbons (Fsp3) is 0.214. The van der Waals surface area contributed by atoms with Crippen LogP contribution in [0.3, 0.4) is 0 Å². The van der Waals surface area contributed by atoms with Gasteiger partial charge in [0.15, 0.2) is 17.4 Å². The third-order valence-electron chi connectivity index (χ3n) is 6.13. The van der Waals surface area contributed by atoms with Crippen LogP contribution in [0, 0.1) is 11.6 Å². The van der Waals surface area contributed by atoms with Crippen molar-refractivity contribution >= 4 is 5.69 Å². The Bertz CT molecular complexity index is 1430. The van der Waals surface area contributed by atoms with Crippen molar-refractivity contribution in [2.45, 2.75) is 25.6 Å². The minimum atomic E-state index is -0.899. The van der Waals surface area contributed by atoms with Crippen LogP contribution < -0.4 is 31.0 Å². The molecule has 2 unspecified atom stereocenters. The zero-order valence-corrected chi connectivity index (χ0v) is 20.1. The summed E-state index contributed by atoms with van der Waals surface area (Å²) in [6, 6.07) is 18.6. The Morgan fingerprint density at radius 3 is 2.19 bits per heavy atom. The summed E-state index contributed by atoms with van der Waals surface area (Å²) in [7, 11) is 2.94. The number of benzene rings is 3. The van der Waals surface area contributed by atoms with E-state index in [1.54, 1.807) is 13.2 Å². The standard InChI is InChI=1S/C28H26F2N2O4/c1-16(19-9-12-22(29)23(30)14-19)32-24(18-7-10-21(35-2)11-8-18)20-6-4-5-17(13-20)15-31-25-26(33)27(34)28(25)36-3/h4-14,16,24,31-32H,15H2,1-3H3. The second-order valence-electron chi connectivity index (χ2n) is 8.43. The average Bonchev–Trinajstić information content (AvgIpc) is 2.90. The highest BCUT2D eigenvalue weighted by atomic mass is 19.2. The van der Waals surface area contributed by atoms with Gasteiger partial charge in [0.1, 0.15) is 11.4 Å². The highest BCUT2D eigenvalue weighted by molar-refractivity contribution is 5.61. The van der Waals surface area contributed by atoms with Gasteiger partial charge in [-0.3, -0.25) is 14.9 Å². The number of hydrogen-bond donors (Lipinski definition) is 2. The van der Waals surface area contributed by atoms with Gasteiger partial charge < -0.3 is 14.8 Å². The molecule has 6 nitrogen and oxygen atoms in total. The van der Waals surface area contributed by atoms with Gasteiger partial charge in [-0.1, -0.05) is 42.5 Å². The Kier molecular flexibility index (Phi) is 7.45. The van der Waals surface area contributed by atoms with Crippen LogP contribution in [0.5, 0.6) is 11.5 Å². The summed E-state index contributed by atoms with van der Waals surface area (Å²) in [6.45, 7) is 2.19. The molecule has 0 radical (unpaired) electrons. The molecule has 0 aliphatic heterocycles. The largest absolute Gasteiger partial charge is 0.497 e. The second-order valence-corrected chi connectivity index (χ2v) is 8.43. The first-order valence-electron chi connectivity index (χ1n) is 11.4. The van der Waals surface area contributed by atoms with Crippen LogP contribution >= 0.6 is 0 Å². The smallest absolute Gasteiger partial charge is 0.271 e. The van der Waals surface area contributed by atoms with Crippen molar-refractivity contribution in [2.75, 3.05) is 19.5 Å². The van der Waals surface area contributed by atoms with Crippen LogP contribution in [-0.4, -0.2) is 14.2 Å². The van der Waals surface area contributed by atoms with Gasteiger partial charge in [-0.2, -0.15) is 0 Å². The summed E-state index contributed by atoms with van der Waals surface area (Å²) < 4.78 is 37.6. The Morgan fingerprint density at radius 2 is 1.53 bits per heavy atom. The van der Waals surface area contributed by atoms with Crippen LogP contribution in [0.2, 0.25) is 0 Å². The number of nitrogens with one attached hydrogen (secondary N) is 2. The maximum atomic E-state index is 13.9. The SMILES string of the molecule is COc1ccc(C(NC(C)c2ccc(F)c(F)c2)c2cccc(CNc3c(OC)c(=O)c3=O)c2)cc1. The number of anilines is 1. The lowest BCUT2D eigenvalue weighted by molar-refractivity contribution is 0.407. The molecule has 0 aromatic heterocycles. The molecule has 0 aliphatic rings. The fourth-order valence-corrected chi connectivity index (χ4v) is 4.11. The van der Waals surface area contributed by atoms with Crippen molar-refractivity contribution in [3.05, 3.63) is 121 Å². The van der Waals surface area contributed by atoms with Crippen LogP contribution in [0.25, 0.3) is 0 Å².